The van der Waals surface area contributed by atoms with Crippen molar-refractivity contribution in [3.05, 3.63) is 71.8 Å². The van der Waals surface area contributed by atoms with E-state index in [4.69, 9.17) is 16.3 Å². The van der Waals surface area contributed by atoms with E-state index in [-0.39, 0.29) is 17.3 Å². The van der Waals surface area contributed by atoms with Gasteiger partial charge in [0.15, 0.2) is 0 Å². The summed E-state index contributed by atoms with van der Waals surface area (Å²) in [4.78, 5) is 16.9. The Morgan fingerprint density at radius 1 is 1.29 bits per heavy atom. The standard InChI is InChI=1S/C21H23ClN4O4S/c1-15(26(31(3,28)29)17-8-9-20(30-2)18(22)12-17)21(27)24-13-16-6-4-5-7-19(16)25-11-10-23-14-25/h4-12,14-15H,13H2,1-3H3,(H,24,27). The summed E-state index contributed by atoms with van der Waals surface area (Å²) in [5.74, 6) is -0.0371. The first kappa shape index (κ1) is 22.6. The molecule has 8 nitrogen and oxygen atoms in total. The minimum absolute atomic E-state index is 0.221. The number of hydrogen-bond acceptors (Lipinski definition) is 5. The van der Waals surface area contributed by atoms with E-state index in [0.717, 1.165) is 21.8 Å². The lowest BCUT2D eigenvalue weighted by Crippen LogP contribution is -2.47. The van der Waals surface area contributed by atoms with E-state index >= 15 is 0 Å². The number of sulfonamides is 1. The molecule has 0 fully saturated rings. The number of nitrogens with one attached hydrogen (secondary N) is 1. The van der Waals surface area contributed by atoms with Crippen molar-refractivity contribution in [1.29, 1.82) is 0 Å². The molecule has 1 amide bonds. The minimum Gasteiger partial charge on any atom is -0.495 e. The number of methoxy groups -OCH3 is 1. The maximum Gasteiger partial charge on any atom is 0.243 e. The second-order valence-corrected chi connectivity index (χ2v) is 9.14. The van der Waals surface area contributed by atoms with Crippen molar-refractivity contribution in [3.8, 4) is 11.4 Å². The summed E-state index contributed by atoms with van der Waals surface area (Å²) >= 11 is 6.16. The van der Waals surface area contributed by atoms with Gasteiger partial charge in [0.2, 0.25) is 15.9 Å². The van der Waals surface area contributed by atoms with Crippen molar-refractivity contribution in [2.75, 3.05) is 17.7 Å². The fraction of sp³-hybridized carbons (Fsp3) is 0.238. The number of benzene rings is 2. The van der Waals surface area contributed by atoms with Crippen molar-refractivity contribution < 1.29 is 17.9 Å². The minimum atomic E-state index is -3.76. The van der Waals surface area contributed by atoms with Crippen LogP contribution in [0.4, 0.5) is 5.69 Å². The Morgan fingerprint density at radius 3 is 2.65 bits per heavy atom. The second-order valence-electron chi connectivity index (χ2n) is 6.87. The Kier molecular flexibility index (Phi) is 6.87. The van der Waals surface area contributed by atoms with Crippen LogP contribution in [0.5, 0.6) is 5.75 Å². The smallest absolute Gasteiger partial charge is 0.243 e. The molecule has 10 heteroatoms. The third kappa shape index (κ3) is 5.18. The number of carbonyl (C=O) groups excluding carboxylic acids is 1. The summed E-state index contributed by atoms with van der Waals surface area (Å²) < 4.78 is 33.0. The highest BCUT2D eigenvalue weighted by Gasteiger charge is 2.29. The molecule has 0 aliphatic rings. The average molecular weight is 463 g/mol. The van der Waals surface area contributed by atoms with Crippen molar-refractivity contribution >= 4 is 33.2 Å². The van der Waals surface area contributed by atoms with Crippen LogP contribution >= 0.6 is 11.6 Å². The van der Waals surface area contributed by atoms with Crippen LogP contribution in [0.3, 0.4) is 0 Å². The Labute approximate surface area is 186 Å². The Morgan fingerprint density at radius 2 is 2.03 bits per heavy atom. The number of amides is 1. The highest BCUT2D eigenvalue weighted by atomic mass is 35.5. The number of ether oxygens (including phenoxy) is 1. The predicted octanol–water partition coefficient (Wildman–Crippen LogP) is 3.01. The molecule has 1 unspecified atom stereocenters. The van der Waals surface area contributed by atoms with Crippen molar-refractivity contribution in [2.24, 2.45) is 0 Å². The van der Waals surface area contributed by atoms with Crippen LogP contribution in [0.25, 0.3) is 5.69 Å². The van der Waals surface area contributed by atoms with Crippen LogP contribution in [0.1, 0.15) is 12.5 Å². The molecule has 31 heavy (non-hydrogen) atoms. The number of carbonyl (C=O) groups is 1. The molecule has 0 bridgehead atoms. The van der Waals surface area contributed by atoms with Gasteiger partial charge in [0.25, 0.3) is 0 Å². The van der Waals surface area contributed by atoms with Gasteiger partial charge >= 0.3 is 0 Å². The lowest BCUT2D eigenvalue weighted by Gasteiger charge is -2.28. The second kappa shape index (κ2) is 9.40. The van der Waals surface area contributed by atoms with Crippen molar-refractivity contribution in [1.82, 2.24) is 14.9 Å². The van der Waals surface area contributed by atoms with Crippen LogP contribution in [-0.4, -0.2) is 43.3 Å². The lowest BCUT2D eigenvalue weighted by molar-refractivity contribution is -0.122. The van der Waals surface area contributed by atoms with Crippen molar-refractivity contribution in [2.45, 2.75) is 19.5 Å². The molecule has 1 atom stereocenters. The Bertz CT molecular complexity index is 1170. The molecule has 3 rings (SSSR count). The summed E-state index contributed by atoms with van der Waals surface area (Å²) in [5.41, 5.74) is 2.00. The summed E-state index contributed by atoms with van der Waals surface area (Å²) in [6.45, 7) is 1.74. The molecule has 3 aromatic rings. The number of imidazole rings is 1. The molecule has 1 heterocycles. The van der Waals surface area contributed by atoms with E-state index in [1.165, 1.54) is 20.1 Å². The number of nitrogens with zero attached hydrogens (tertiary/aromatic N) is 3. The third-order valence-electron chi connectivity index (χ3n) is 4.71. The van der Waals surface area contributed by atoms with Crippen molar-refractivity contribution in [3.63, 3.8) is 0 Å². The number of aromatic nitrogens is 2. The maximum absolute atomic E-state index is 12.9. The van der Waals surface area contributed by atoms with E-state index < -0.39 is 22.0 Å². The van der Waals surface area contributed by atoms with Crippen LogP contribution in [0.15, 0.2) is 61.2 Å². The van der Waals surface area contributed by atoms with Gasteiger partial charge in [-0.25, -0.2) is 13.4 Å². The number of rotatable bonds is 8. The molecule has 0 spiro atoms. The van der Waals surface area contributed by atoms with Gasteiger partial charge in [0, 0.05) is 18.9 Å². The topological polar surface area (TPSA) is 93.5 Å². The molecule has 164 valence electrons. The summed E-state index contributed by atoms with van der Waals surface area (Å²) in [5, 5.41) is 3.07. The molecule has 0 saturated heterocycles. The molecular formula is C21H23ClN4O4S. The SMILES string of the molecule is COc1ccc(N(C(C)C(=O)NCc2ccccc2-n2ccnc2)S(C)(=O)=O)cc1Cl. The number of halogens is 1. The first-order chi connectivity index (χ1) is 14.7. The maximum atomic E-state index is 12.9. The Hall–Kier alpha value is -3.04. The third-order valence-corrected chi connectivity index (χ3v) is 6.24. The van der Waals surface area contributed by atoms with Crippen LogP contribution in [-0.2, 0) is 21.4 Å². The van der Waals surface area contributed by atoms with Gasteiger partial charge < -0.3 is 14.6 Å². The highest BCUT2D eigenvalue weighted by Crippen LogP contribution is 2.31. The molecular weight excluding hydrogens is 440 g/mol. The quantitative estimate of drug-likeness (QED) is 0.555. The number of hydrogen-bond donors (Lipinski definition) is 1. The van der Waals surface area contributed by atoms with E-state index in [1.54, 1.807) is 24.7 Å². The monoisotopic (exact) mass is 462 g/mol. The lowest BCUT2D eigenvalue weighted by atomic mass is 10.1. The summed E-state index contributed by atoms with van der Waals surface area (Å²) in [6.07, 6.45) is 6.19. The molecule has 1 N–H and O–H groups in total. The summed E-state index contributed by atoms with van der Waals surface area (Å²) in [6, 6.07) is 11.1. The average Bonchev–Trinajstić information content (AvgIpc) is 3.26. The van der Waals surface area contributed by atoms with Gasteiger partial charge in [-0.1, -0.05) is 29.8 Å². The van der Waals surface area contributed by atoms with Crippen LogP contribution < -0.4 is 14.4 Å². The first-order valence-electron chi connectivity index (χ1n) is 9.39. The van der Waals surface area contributed by atoms with Gasteiger partial charge in [-0.15, -0.1) is 0 Å². The van der Waals surface area contributed by atoms with E-state index in [9.17, 15) is 13.2 Å². The van der Waals surface area contributed by atoms with Gasteiger partial charge in [0.05, 0.1) is 36.1 Å². The van der Waals surface area contributed by atoms with Gasteiger partial charge in [-0.2, -0.15) is 0 Å². The zero-order valence-electron chi connectivity index (χ0n) is 17.3. The first-order valence-corrected chi connectivity index (χ1v) is 11.6. The fourth-order valence-electron chi connectivity index (χ4n) is 3.25. The van der Waals surface area contributed by atoms with Gasteiger partial charge in [-0.05, 0) is 36.8 Å². The normalized spacial score (nSPS) is 12.3. The fourth-order valence-corrected chi connectivity index (χ4v) is 4.66. The molecule has 2 aromatic carbocycles. The number of anilines is 1. The molecule has 0 radical (unpaired) electrons. The Balaban J connectivity index is 1.81. The van der Waals surface area contributed by atoms with E-state index in [2.05, 4.69) is 10.3 Å². The molecule has 1 aromatic heterocycles. The zero-order valence-corrected chi connectivity index (χ0v) is 18.9. The van der Waals surface area contributed by atoms with Gasteiger partial charge in [-0.3, -0.25) is 9.10 Å². The van der Waals surface area contributed by atoms with E-state index in [0.29, 0.717) is 5.75 Å². The predicted molar refractivity (Wildman–Crippen MR) is 120 cm³/mol. The highest BCUT2D eigenvalue weighted by molar-refractivity contribution is 7.92. The zero-order chi connectivity index (χ0) is 22.6. The van der Waals surface area contributed by atoms with Crippen LogP contribution in [0.2, 0.25) is 5.02 Å². The number of para-hydroxylation sites is 1. The van der Waals surface area contributed by atoms with E-state index in [1.807, 2.05) is 35.0 Å². The molecule has 0 aliphatic heterocycles. The largest absolute Gasteiger partial charge is 0.495 e. The molecule has 0 aliphatic carbocycles. The van der Waals surface area contributed by atoms with Gasteiger partial charge in [0.1, 0.15) is 11.8 Å². The summed E-state index contributed by atoms with van der Waals surface area (Å²) in [7, 11) is -2.30. The van der Waals surface area contributed by atoms with Crippen LogP contribution in [0, 0.1) is 0 Å². The molecule has 0 saturated carbocycles.